The molecule has 8 nitrogen and oxygen atoms in total. The first-order valence-corrected chi connectivity index (χ1v) is 11.7. The van der Waals surface area contributed by atoms with Gasteiger partial charge in [-0.25, -0.2) is 4.98 Å². The van der Waals surface area contributed by atoms with E-state index in [0.29, 0.717) is 34.6 Å². The normalized spacial score (nSPS) is 13.4. The van der Waals surface area contributed by atoms with Gasteiger partial charge in [-0.2, -0.15) is 5.10 Å². The molecule has 0 aliphatic heterocycles. The number of para-hydroxylation sites is 1. The van der Waals surface area contributed by atoms with Gasteiger partial charge < -0.3 is 15.6 Å². The molecule has 0 bridgehead atoms. The van der Waals surface area contributed by atoms with Gasteiger partial charge in [0.2, 0.25) is 0 Å². The summed E-state index contributed by atoms with van der Waals surface area (Å²) in [4.78, 5) is 33.9. The van der Waals surface area contributed by atoms with Crippen LogP contribution >= 0.6 is 0 Å². The van der Waals surface area contributed by atoms with Gasteiger partial charge in [-0.15, -0.1) is 0 Å². The monoisotopic (exact) mass is 468 g/mol. The van der Waals surface area contributed by atoms with Crippen molar-refractivity contribution in [1.82, 2.24) is 19.7 Å². The molecule has 0 radical (unpaired) electrons. The average molecular weight is 469 g/mol. The number of anilines is 3. The summed E-state index contributed by atoms with van der Waals surface area (Å²) in [6.07, 6.45) is 7.03. The van der Waals surface area contributed by atoms with Gasteiger partial charge in [0, 0.05) is 35.8 Å². The first-order chi connectivity index (χ1) is 16.8. The summed E-state index contributed by atoms with van der Waals surface area (Å²) in [5, 5.41) is 10.7. The van der Waals surface area contributed by atoms with E-state index in [4.69, 9.17) is 0 Å². The second-order valence-corrected chi connectivity index (χ2v) is 9.69. The van der Waals surface area contributed by atoms with E-state index >= 15 is 0 Å². The summed E-state index contributed by atoms with van der Waals surface area (Å²) < 4.78 is 1.76. The molecule has 3 heterocycles. The fraction of sp³-hybridized carbons (Fsp3) is 0.259. The van der Waals surface area contributed by atoms with Crippen LogP contribution in [0, 0.1) is 0 Å². The molecule has 1 aliphatic rings. The number of benzene rings is 1. The van der Waals surface area contributed by atoms with Gasteiger partial charge in [0.15, 0.2) is 5.78 Å². The number of rotatable bonds is 5. The molecular formula is C27H28N6O2. The standard InChI is InChI=1S/C27H28N6O2/c1-27(2,3)33-16-17(15-29-33)26(35)32-25-19(11-8-14-28-25)23-24(30-18-9-5-4-6-10-18)22-20(31-23)12-7-13-21(22)34/h4-6,8-11,14-16,30-31H,7,12-13H2,1-3H3,(H,28,32,35). The van der Waals surface area contributed by atoms with E-state index in [2.05, 4.69) is 25.7 Å². The zero-order valence-corrected chi connectivity index (χ0v) is 20.1. The molecule has 0 atom stereocenters. The third-order valence-corrected chi connectivity index (χ3v) is 6.07. The van der Waals surface area contributed by atoms with Gasteiger partial charge in [0.05, 0.1) is 34.2 Å². The number of Topliss-reactive ketones (excluding diaryl/α,β-unsaturated/α-hetero) is 1. The minimum atomic E-state index is -0.301. The van der Waals surface area contributed by atoms with Gasteiger partial charge >= 0.3 is 0 Å². The number of hydrogen-bond donors (Lipinski definition) is 3. The van der Waals surface area contributed by atoms with Crippen molar-refractivity contribution in [3.05, 3.63) is 77.9 Å². The molecule has 0 unspecified atom stereocenters. The molecule has 4 aromatic rings. The number of nitrogens with zero attached hydrogens (tertiary/aromatic N) is 3. The quantitative estimate of drug-likeness (QED) is 0.357. The fourth-order valence-corrected chi connectivity index (χ4v) is 4.28. The molecule has 35 heavy (non-hydrogen) atoms. The Kier molecular flexibility index (Phi) is 5.72. The van der Waals surface area contributed by atoms with Crippen LogP contribution in [-0.2, 0) is 12.0 Å². The molecule has 178 valence electrons. The number of H-pyrrole nitrogens is 1. The van der Waals surface area contributed by atoms with Crippen LogP contribution in [0.25, 0.3) is 11.3 Å². The van der Waals surface area contributed by atoms with Crippen molar-refractivity contribution in [3.8, 4) is 11.3 Å². The molecule has 0 saturated heterocycles. The van der Waals surface area contributed by atoms with Crippen LogP contribution < -0.4 is 10.6 Å². The van der Waals surface area contributed by atoms with Gasteiger partial charge in [-0.3, -0.25) is 14.3 Å². The van der Waals surface area contributed by atoms with Crippen molar-refractivity contribution >= 4 is 28.9 Å². The van der Waals surface area contributed by atoms with E-state index in [0.717, 1.165) is 29.9 Å². The van der Waals surface area contributed by atoms with Crippen molar-refractivity contribution < 1.29 is 9.59 Å². The summed E-state index contributed by atoms with van der Waals surface area (Å²) in [5.41, 5.74) is 4.80. The summed E-state index contributed by atoms with van der Waals surface area (Å²) in [6.45, 7) is 6.07. The minimum absolute atomic E-state index is 0.108. The smallest absolute Gasteiger partial charge is 0.260 e. The Morgan fingerprint density at radius 3 is 2.63 bits per heavy atom. The molecule has 0 saturated carbocycles. The number of nitrogens with one attached hydrogen (secondary N) is 3. The van der Waals surface area contributed by atoms with Gasteiger partial charge in [-0.1, -0.05) is 18.2 Å². The van der Waals surface area contributed by atoms with Crippen LogP contribution in [0.2, 0.25) is 0 Å². The van der Waals surface area contributed by atoms with E-state index < -0.39 is 0 Å². The second-order valence-electron chi connectivity index (χ2n) is 9.69. The summed E-state index contributed by atoms with van der Waals surface area (Å²) in [5.74, 6) is 0.213. The van der Waals surface area contributed by atoms with Crippen molar-refractivity contribution in [2.45, 2.75) is 45.6 Å². The zero-order valence-electron chi connectivity index (χ0n) is 20.1. The lowest BCUT2D eigenvalue weighted by atomic mass is 9.95. The maximum Gasteiger partial charge on any atom is 0.260 e. The molecule has 3 aromatic heterocycles. The number of aromatic nitrogens is 4. The fourth-order valence-electron chi connectivity index (χ4n) is 4.28. The summed E-state index contributed by atoms with van der Waals surface area (Å²) >= 11 is 0. The Labute approximate surface area is 203 Å². The SMILES string of the molecule is CC(C)(C)n1cc(C(=O)Nc2ncccc2-c2[nH]c3c(c2Nc2ccccc2)C(=O)CCC3)cn1. The second kappa shape index (κ2) is 8.87. The predicted molar refractivity (Wildman–Crippen MR) is 136 cm³/mol. The van der Waals surface area contributed by atoms with Gasteiger partial charge in [-0.05, 0) is 57.9 Å². The predicted octanol–water partition coefficient (Wildman–Crippen LogP) is 5.54. The number of aromatic amines is 1. The van der Waals surface area contributed by atoms with Gasteiger partial charge in [0.25, 0.3) is 5.91 Å². The lowest BCUT2D eigenvalue weighted by Crippen LogP contribution is -2.22. The Morgan fingerprint density at radius 2 is 1.89 bits per heavy atom. The number of amides is 1. The van der Waals surface area contributed by atoms with Crippen molar-refractivity contribution in [2.24, 2.45) is 0 Å². The van der Waals surface area contributed by atoms with Crippen LogP contribution in [0.5, 0.6) is 0 Å². The van der Waals surface area contributed by atoms with E-state index in [1.54, 1.807) is 23.3 Å². The maximum atomic E-state index is 13.1. The highest BCUT2D eigenvalue weighted by atomic mass is 16.1. The number of hydrogen-bond acceptors (Lipinski definition) is 5. The maximum absolute atomic E-state index is 13.1. The highest BCUT2D eigenvalue weighted by Gasteiger charge is 2.28. The number of ketones is 1. The Hall–Kier alpha value is -4.20. The highest BCUT2D eigenvalue weighted by Crippen LogP contribution is 2.40. The van der Waals surface area contributed by atoms with Crippen LogP contribution in [-0.4, -0.2) is 31.4 Å². The Bertz CT molecular complexity index is 1390. The van der Waals surface area contributed by atoms with Crippen LogP contribution in [0.1, 0.15) is 60.0 Å². The van der Waals surface area contributed by atoms with Gasteiger partial charge in [0.1, 0.15) is 5.82 Å². The zero-order chi connectivity index (χ0) is 24.6. The molecule has 1 aliphatic carbocycles. The van der Waals surface area contributed by atoms with E-state index in [1.165, 1.54) is 0 Å². The number of carbonyl (C=O) groups is 2. The number of aryl methyl sites for hydroxylation is 1. The van der Waals surface area contributed by atoms with Crippen molar-refractivity contribution in [2.75, 3.05) is 10.6 Å². The minimum Gasteiger partial charge on any atom is -0.356 e. The van der Waals surface area contributed by atoms with E-state index in [1.807, 2.05) is 63.2 Å². The summed E-state index contributed by atoms with van der Waals surface area (Å²) in [7, 11) is 0. The van der Waals surface area contributed by atoms with Crippen molar-refractivity contribution in [1.29, 1.82) is 0 Å². The Morgan fingerprint density at radius 1 is 1.09 bits per heavy atom. The highest BCUT2D eigenvalue weighted by molar-refractivity contribution is 6.09. The third-order valence-electron chi connectivity index (χ3n) is 6.07. The van der Waals surface area contributed by atoms with E-state index in [-0.39, 0.29) is 17.2 Å². The number of fused-ring (bicyclic) bond motifs is 1. The first kappa shape index (κ1) is 22.6. The largest absolute Gasteiger partial charge is 0.356 e. The molecule has 1 aromatic carbocycles. The lowest BCUT2D eigenvalue weighted by Gasteiger charge is -2.18. The summed E-state index contributed by atoms with van der Waals surface area (Å²) in [6, 6.07) is 13.4. The first-order valence-electron chi connectivity index (χ1n) is 11.7. The third kappa shape index (κ3) is 4.47. The van der Waals surface area contributed by atoms with Crippen LogP contribution in [0.3, 0.4) is 0 Å². The molecular weight excluding hydrogens is 440 g/mol. The molecule has 8 heteroatoms. The average Bonchev–Trinajstić information content (AvgIpc) is 3.47. The molecule has 5 rings (SSSR count). The molecule has 0 fully saturated rings. The number of pyridine rings is 1. The molecule has 0 spiro atoms. The van der Waals surface area contributed by atoms with Crippen molar-refractivity contribution in [3.63, 3.8) is 0 Å². The molecule has 1 amide bonds. The lowest BCUT2D eigenvalue weighted by molar-refractivity contribution is 0.0972. The molecule has 3 N–H and O–H groups in total. The Balaban J connectivity index is 1.54. The van der Waals surface area contributed by atoms with Crippen LogP contribution in [0.4, 0.5) is 17.2 Å². The topological polar surface area (TPSA) is 105 Å². The van der Waals surface area contributed by atoms with E-state index in [9.17, 15) is 9.59 Å². The number of carbonyl (C=O) groups excluding carboxylic acids is 2. The van der Waals surface area contributed by atoms with Crippen LogP contribution in [0.15, 0.2) is 61.1 Å².